The lowest BCUT2D eigenvalue weighted by Crippen LogP contribution is -2.25. The minimum atomic E-state index is -1.22. The third-order valence-electron chi connectivity index (χ3n) is 3.85. The highest BCUT2D eigenvalue weighted by atomic mass is 16.5. The molecule has 0 saturated heterocycles. The fourth-order valence-electron chi connectivity index (χ4n) is 2.53. The van der Waals surface area contributed by atoms with Crippen LogP contribution >= 0.6 is 0 Å². The highest BCUT2D eigenvalue weighted by Gasteiger charge is 2.22. The maximum absolute atomic E-state index is 12.8. The number of methoxy groups -OCH3 is 2. The first-order valence-electron chi connectivity index (χ1n) is 8.22. The van der Waals surface area contributed by atoms with Crippen LogP contribution in [-0.2, 0) is 29.0 Å². The second-order valence-electron chi connectivity index (χ2n) is 5.67. The Hall–Kier alpha value is -2.64. The van der Waals surface area contributed by atoms with Crippen molar-refractivity contribution in [3.8, 4) is 5.75 Å². The van der Waals surface area contributed by atoms with Crippen LogP contribution in [-0.4, -0.2) is 43.1 Å². The van der Waals surface area contributed by atoms with Gasteiger partial charge in [0.2, 0.25) is 5.43 Å². The number of carboxylic acids is 1. The molecule has 1 aromatic carbocycles. The van der Waals surface area contributed by atoms with Crippen LogP contribution in [0.1, 0.15) is 21.6 Å². The molecule has 2 aromatic rings. The van der Waals surface area contributed by atoms with Crippen LogP contribution in [0.2, 0.25) is 0 Å². The summed E-state index contributed by atoms with van der Waals surface area (Å²) in [6, 6.07) is 9.26. The van der Waals surface area contributed by atoms with E-state index in [1.54, 1.807) is 13.3 Å². The fourth-order valence-corrected chi connectivity index (χ4v) is 2.53. The van der Waals surface area contributed by atoms with E-state index in [0.717, 1.165) is 5.56 Å². The minimum Gasteiger partial charge on any atom is -0.482 e. The topological polar surface area (TPSA) is 87.0 Å². The predicted molar refractivity (Wildman–Crippen MR) is 95.9 cm³/mol. The van der Waals surface area contributed by atoms with Crippen molar-refractivity contribution in [2.45, 2.75) is 19.6 Å². The Bertz CT molecular complexity index is 785. The van der Waals surface area contributed by atoms with Gasteiger partial charge >= 0.3 is 5.97 Å². The van der Waals surface area contributed by atoms with E-state index in [1.807, 2.05) is 30.3 Å². The smallest absolute Gasteiger partial charge is 0.356 e. The van der Waals surface area contributed by atoms with E-state index in [2.05, 4.69) is 0 Å². The summed E-state index contributed by atoms with van der Waals surface area (Å²) in [5.74, 6) is -1.38. The van der Waals surface area contributed by atoms with Gasteiger partial charge in [0.25, 0.3) is 0 Å². The number of rotatable bonds is 10. The number of carbonyl (C=O) groups is 1. The van der Waals surface area contributed by atoms with Crippen molar-refractivity contribution < 1.29 is 24.1 Å². The van der Waals surface area contributed by atoms with Gasteiger partial charge in [0.1, 0.15) is 6.61 Å². The number of nitrogens with zero attached hydrogens (tertiary/aromatic N) is 1. The summed E-state index contributed by atoms with van der Waals surface area (Å²) in [5, 5.41) is 9.63. The lowest BCUT2D eigenvalue weighted by atomic mass is 10.1. The minimum absolute atomic E-state index is 0.106. The number of benzene rings is 1. The molecule has 0 aliphatic rings. The Morgan fingerprint density at radius 3 is 2.42 bits per heavy atom. The summed E-state index contributed by atoms with van der Waals surface area (Å²) in [6.07, 6.45) is 1.91. The first-order chi connectivity index (χ1) is 12.6. The van der Waals surface area contributed by atoms with Gasteiger partial charge in [-0.2, -0.15) is 0 Å². The first kappa shape index (κ1) is 19.7. The maximum atomic E-state index is 12.8. The molecule has 0 saturated carbocycles. The van der Waals surface area contributed by atoms with E-state index in [4.69, 9.17) is 14.2 Å². The quantitative estimate of drug-likeness (QED) is 0.696. The Balaban J connectivity index is 2.45. The number of aromatic carboxylic acids is 1. The van der Waals surface area contributed by atoms with Gasteiger partial charge in [-0.15, -0.1) is 0 Å². The summed E-state index contributed by atoms with van der Waals surface area (Å²) in [4.78, 5) is 24.5. The van der Waals surface area contributed by atoms with Crippen molar-refractivity contribution in [2.75, 3.05) is 27.4 Å². The van der Waals surface area contributed by atoms with E-state index in [0.29, 0.717) is 31.7 Å². The van der Waals surface area contributed by atoms with Gasteiger partial charge in [-0.05, 0) is 5.56 Å². The number of aromatic nitrogens is 1. The lowest BCUT2D eigenvalue weighted by molar-refractivity contribution is 0.0674. The molecule has 7 nitrogen and oxygen atoms in total. The molecule has 26 heavy (non-hydrogen) atoms. The van der Waals surface area contributed by atoms with Gasteiger partial charge in [0.05, 0.1) is 13.2 Å². The lowest BCUT2D eigenvalue weighted by Gasteiger charge is -2.17. The van der Waals surface area contributed by atoms with E-state index in [-0.39, 0.29) is 18.1 Å². The van der Waals surface area contributed by atoms with Crippen LogP contribution in [0, 0.1) is 0 Å². The van der Waals surface area contributed by atoms with Gasteiger partial charge in [0.15, 0.2) is 11.4 Å². The average molecular weight is 361 g/mol. The Labute approximate surface area is 151 Å². The van der Waals surface area contributed by atoms with Gasteiger partial charge in [0, 0.05) is 38.9 Å². The van der Waals surface area contributed by atoms with E-state index in [1.165, 1.54) is 11.7 Å². The molecule has 0 bridgehead atoms. The summed E-state index contributed by atoms with van der Waals surface area (Å²) in [6.45, 7) is 1.06. The number of carboxylic acid groups (broad SMARTS) is 1. The molecule has 1 N–H and O–H groups in total. The zero-order valence-corrected chi connectivity index (χ0v) is 14.9. The van der Waals surface area contributed by atoms with E-state index in [9.17, 15) is 14.7 Å². The van der Waals surface area contributed by atoms with Crippen LogP contribution in [0.25, 0.3) is 0 Å². The molecule has 0 aliphatic carbocycles. The van der Waals surface area contributed by atoms with Crippen molar-refractivity contribution in [3.05, 3.63) is 63.6 Å². The molecule has 140 valence electrons. The molecule has 1 aromatic heterocycles. The molecule has 2 rings (SSSR count). The molecule has 0 fully saturated rings. The molecule has 0 radical (unpaired) electrons. The summed E-state index contributed by atoms with van der Waals surface area (Å²) in [7, 11) is 3.07. The maximum Gasteiger partial charge on any atom is 0.356 e. The Morgan fingerprint density at radius 1 is 1.12 bits per heavy atom. The summed E-state index contributed by atoms with van der Waals surface area (Å²) >= 11 is 0. The number of hydrogen-bond donors (Lipinski definition) is 1. The van der Waals surface area contributed by atoms with Gasteiger partial charge in [-0.1, -0.05) is 30.3 Å². The molecule has 0 atom stereocenters. The largest absolute Gasteiger partial charge is 0.482 e. The predicted octanol–water partition coefficient (Wildman–Crippen LogP) is 1.96. The summed E-state index contributed by atoms with van der Waals surface area (Å²) < 4.78 is 17.2. The standard InChI is InChI=1S/C19H23NO6/c1-24-10-8-15-12-20(9-11-25-2)16(19(22)23)18(17(15)21)26-13-14-6-4-3-5-7-14/h3-7,12H,8-11,13H2,1-2H3,(H,22,23). The van der Waals surface area contributed by atoms with Crippen LogP contribution in [0.4, 0.5) is 0 Å². The molecule has 0 aliphatic heterocycles. The fraction of sp³-hybridized carbons (Fsp3) is 0.368. The zero-order chi connectivity index (χ0) is 18.9. The number of pyridine rings is 1. The second-order valence-corrected chi connectivity index (χ2v) is 5.67. The van der Waals surface area contributed by atoms with E-state index >= 15 is 0 Å². The van der Waals surface area contributed by atoms with Crippen molar-refractivity contribution in [3.63, 3.8) is 0 Å². The zero-order valence-electron chi connectivity index (χ0n) is 14.9. The highest BCUT2D eigenvalue weighted by molar-refractivity contribution is 5.89. The monoisotopic (exact) mass is 361 g/mol. The molecular weight excluding hydrogens is 338 g/mol. The molecule has 0 spiro atoms. The average Bonchev–Trinajstić information content (AvgIpc) is 2.65. The Morgan fingerprint density at radius 2 is 1.81 bits per heavy atom. The molecule has 1 heterocycles. The SMILES string of the molecule is COCCc1cn(CCOC)c(C(=O)O)c(OCc2ccccc2)c1=O. The normalized spacial score (nSPS) is 10.7. The van der Waals surface area contributed by atoms with Crippen LogP contribution in [0.5, 0.6) is 5.75 Å². The Kier molecular flexibility index (Phi) is 7.37. The molecule has 0 amide bonds. The molecular formula is C19H23NO6. The second kappa shape index (κ2) is 9.74. The number of ether oxygens (including phenoxy) is 3. The van der Waals surface area contributed by atoms with Gasteiger partial charge in [-0.25, -0.2) is 4.79 Å². The van der Waals surface area contributed by atoms with Crippen molar-refractivity contribution in [1.82, 2.24) is 4.57 Å². The van der Waals surface area contributed by atoms with Crippen molar-refractivity contribution >= 4 is 5.97 Å². The van der Waals surface area contributed by atoms with Crippen LogP contribution < -0.4 is 10.2 Å². The summed E-state index contributed by atoms with van der Waals surface area (Å²) in [5.41, 5.74) is 0.679. The third kappa shape index (κ3) is 4.93. The third-order valence-corrected chi connectivity index (χ3v) is 3.85. The van der Waals surface area contributed by atoms with Gasteiger partial charge in [-0.3, -0.25) is 4.79 Å². The van der Waals surface area contributed by atoms with E-state index < -0.39 is 11.4 Å². The van der Waals surface area contributed by atoms with Gasteiger partial charge < -0.3 is 23.9 Å². The highest BCUT2D eigenvalue weighted by Crippen LogP contribution is 2.18. The van der Waals surface area contributed by atoms with Crippen molar-refractivity contribution in [1.29, 1.82) is 0 Å². The van der Waals surface area contributed by atoms with Crippen LogP contribution in [0.3, 0.4) is 0 Å². The van der Waals surface area contributed by atoms with Crippen LogP contribution in [0.15, 0.2) is 41.3 Å². The first-order valence-corrected chi connectivity index (χ1v) is 8.22. The molecule has 0 unspecified atom stereocenters. The van der Waals surface area contributed by atoms with Crippen molar-refractivity contribution in [2.24, 2.45) is 0 Å². The number of hydrogen-bond acceptors (Lipinski definition) is 5. The molecule has 7 heteroatoms.